The van der Waals surface area contributed by atoms with Crippen LogP contribution >= 0.6 is 0 Å². The van der Waals surface area contributed by atoms with Crippen LogP contribution < -0.4 is 11.1 Å². The van der Waals surface area contributed by atoms with Gasteiger partial charge in [0.2, 0.25) is 0 Å². The summed E-state index contributed by atoms with van der Waals surface area (Å²) >= 11 is 0. The molecule has 0 unspecified atom stereocenters. The van der Waals surface area contributed by atoms with Gasteiger partial charge < -0.3 is 11.1 Å². The molecule has 0 aliphatic rings. The highest BCUT2D eigenvalue weighted by Gasteiger charge is 2.15. The van der Waals surface area contributed by atoms with Gasteiger partial charge >= 0.3 is 0 Å². The van der Waals surface area contributed by atoms with E-state index in [1.54, 1.807) is 20.2 Å². The molecule has 0 bridgehead atoms. The van der Waals surface area contributed by atoms with Crippen LogP contribution in [0, 0.1) is 6.92 Å². The Balaban J connectivity index is 2.26. The standard InChI is InChI=1S/C10H14N6O/c1-6-4-8(15(2)14-6)10(17)13-9-7(11)5-12-16(9)3/h4-5H,11H2,1-3H3,(H,13,17). The zero-order valence-corrected chi connectivity index (χ0v) is 9.93. The molecule has 2 aromatic rings. The summed E-state index contributed by atoms with van der Waals surface area (Å²) in [4.78, 5) is 12.0. The van der Waals surface area contributed by atoms with Gasteiger partial charge in [0.1, 0.15) is 5.69 Å². The third kappa shape index (κ3) is 1.99. The average Bonchev–Trinajstić information content (AvgIpc) is 2.74. The number of nitrogens with two attached hydrogens (primary N) is 1. The van der Waals surface area contributed by atoms with Gasteiger partial charge in [-0.05, 0) is 13.0 Å². The van der Waals surface area contributed by atoms with E-state index in [0.29, 0.717) is 17.2 Å². The summed E-state index contributed by atoms with van der Waals surface area (Å²) in [5, 5.41) is 10.8. The minimum absolute atomic E-state index is 0.261. The van der Waals surface area contributed by atoms with Gasteiger partial charge in [-0.2, -0.15) is 10.2 Å². The molecule has 0 aliphatic heterocycles. The van der Waals surface area contributed by atoms with Crippen LogP contribution in [-0.2, 0) is 14.1 Å². The summed E-state index contributed by atoms with van der Waals surface area (Å²) in [5.41, 5.74) is 7.38. The van der Waals surface area contributed by atoms with E-state index in [9.17, 15) is 4.79 Å². The molecule has 2 aromatic heterocycles. The normalized spacial score (nSPS) is 10.5. The zero-order chi connectivity index (χ0) is 12.6. The summed E-state index contributed by atoms with van der Waals surface area (Å²) < 4.78 is 3.04. The minimum Gasteiger partial charge on any atom is -0.394 e. The monoisotopic (exact) mass is 234 g/mol. The Morgan fingerprint density at radius 2 is 2.12 bits per heavy atom. The number of carbonyl (C=O) groups excluding carboxylic acids is 1. The Morgan fingerprint density at radius 1 is 1.41 bits per heavy atom. The van der Waals surface area contributed by atoms with Gasteiger partial charge in [-0.3, -0.25) is 14.2 Å². The maximum Gasteiger partial charge on any atom is 0.275 e. The molecule has 2 heterocycles. The molecule has 7 nitrogen and oxygen atoms in total. The number of aryl methyl sites for hydroxylation is 3. The van der Waals surface area contributed by atoms with Crippen LogP contribution in [0.15, 0.2) is 12.3 Å². The fourth-order valence-electron chi connectivity index (χ4n) is 1.60. The smallest absolute Gasteiger partial charge is 0.275 e. The van der Waals surface area contributed by atoms with E-state index >= 15 is 0 Å². The summed E-state index contributed by atoms with van der Waals surface area (Å²) in [6.07, 6.45) is 1.49. The average molecular weight is 234 g/mol. The summed E-state index contributed by atoms with van der Waals surface area (Å²) in [7, 11) is 3.43. The molecule has 0 saturated heterocycles. The van der Waals surface area contributed by atoms with Gasteiger partial charge in [-0.1, -0.05) is 0 Å². The first-order chi connectivity index (χ1) is 7.99. The molecule has 0 radical (unpaired) electrons. The summed E-state index contributed by atoms with van der Waals surface area (Å²) in [6.45, 7) is 1.83. The lowest BCUT2D eigenvalue weighted by molar-refractivity contribution is 0.101. The highest BCUT2D eigenvalue weighted by Crippen LogP contribution is 2.16. The second-order valence-corrected chi connectivity index (χ2v) is 3.82. The van der Waals surface area contributed by atoms with Crippen molar-refractivity contribution >= 4 is 17.4 Å². The van der Waals surface area contributed by atoms with Gasteiger partial charge in [-0.15, -0.1) is 0 Å². The third-order valence-corrected chi connectivity index (χ3v) is 2.43. The SMILES string of the molecule is Cc1cc(C(=O)Nc2c(N)cnn2C)n(C)n1. The van der Waals surface area contributed by atoms with Crippen molar-refractivity contribution in [3.8, 4) is 0 Å². The quantitative estimate of drug-likeness (QED) is 0.781. The molecule has 3 N–H and O–H groups in total. The maximum absolute atomic E-state index is 12.0. The molecular formula is C10H14N6O. The zero-order valence-electron chi connectivity index (χ0n) is 9.93. The van der Waals surface area contributed by atoms with E-state index in [2.05, 4.69) is 15.5 Å². The molecule has 0 fully saturated rings. The predicted molar refractivity (Wildman–Crippen MR) is 63.5 cm³/mol. The van der Waals surface area contributed by atoms with Crippen molar-refractivity contribution in [3.63, 3.8) is 0 Å². The van der Waals surface area contributed by atoms with Crippen molar-refractivity contribution < 1.29 is 4.79 Å². The summed E-state index contributed by atoms with van der Waals surface area (Å²) in [5.74, 6) is 0.220. The topological polar surface area (TPSA) is 90.8 Å². The second kappa shape index (κ2) is 3.93. The number of aromatic nitrogens is 4. The number of hydrogen-bond donors (Lipinski definition) is 2. The van der Waals surface area contributed by atoms with Gasteiger partial charge in [0.15, 0.2) is 5.82 Å². The fraction of sp³-hybridized carbons (Fsp3) is 0.300. The van der Waals surface area contributed by atoms with Crippen LogP contribution in [0.5, 0.6) is 0 Å². The minimum atomic E-state index is -0.261. The van der Waals surface area contributed by atoms with E-state index in [-0.39, 0.29) is 5.91 Å². The number of rotatable bonds is 2. The van der Waals surface area contributed by atoms with Gasteiger partial charge in [0, 0.05) is 14.1 Å². The Hall–Kier alpha value is -2.31. The van der Waals surface area contributed by atoms with Crippen molar-refractivity contribution in [1.29, 1.82) is 0 Å². The maximum atomic E-state index is 12.0. The molecule has 7 heteroatoms. The van der Waals surface area contributed by atoms with Crippen molar-refractivity contribution in [2.75, 3.05) is 11.1 Å². The van der Waals surface area contributed by atoms with Crippen LogP contribution in [0.3, 0.4) is 0 Å². The van der Waals surface area contributed by atoms with Crippen molar-refractivity contribution in [1.82, 2.24) is 19.6 Å². The Kier molecular flexibility index (Phi) is 2.58. The van der Waals surface area contributed by atoms with Gasteiger partial charge in [0.25, 0.3) is 5.91 Å². The number of nitrogens with one attached hydrogen (secondary N) is 1. The number of amides is 1. The largest absolute Gasteiger partial charge is 0.394 e. The molecule has 0 saturated carbocycles. The molecule has 0 atom stereocenters. The molecule has 90 valence electrons. The van der Waals surface area contributed by atoms with Crippen LogP contribution in [0.4, 0.5) is 11.5 Å². The summed E-state index contributed by atoms with van der Waals surface area (Å²) in [6, 6.07) is 1.71. The number of carbonyl (C=O) groups is 1. The lowest BCUT2D eigenvalue weighted by atomic mass is 10.3. The molecule has 0 aromatic carbocycles. The lowest BCUT2D eigenvalue weighted by Gasteiger charge is -2.06. The molecule has 1 amide bonds. The predicted octanol–water partition coefficient (Wildman–Crippen LogP) is 0.297. The third-order valence-electron chi connectivity index (χ3n) is 2.43. The second-order valence-electron chi connectivity index (χ2n) is 3.82. The van der Waals surface area contributed by atoms with E-state index in [1.165, 1.54) is 15.6 Å². The first kappa shape index (κ1) is 11.2. The number of hydrogen-bond acceptors (Lipinski definition) is 4. The highest BCUT2D eigenvalue weighted by molar-refractivity contribution is 6.04. The number of nitrogen functional groups attached to an aromatic ring is 1. The molecule has 17 heavy (non-hydrogen) atoms. The highest BCUT2D eigenvalue weighted by atomic mass is 16.2. The molecule has 0 spiro atoms. The van der Waals surface area contributed by atoms with Crippen molar-refractivity contribution in [2.45, 2.75) is 6.92 Å². The van der Waals surface area contributed by atoms with Gasteiger partial charge in [0.05, 0.1) is 17.6 Å². The number of nitrogens with zero attached hydrogens (tertiary/aromatic N) is 4. The van der Waals surface area contributed by atoms with Crippen molar-refractivity contribution in [3.05, 3.63) is 23.7 Å². The Bertz CT molecular complexity index is 548. The van der Waals surface area contributed by atoms with Crippen LogP contribution in [0.25, 0.3) is 0 Å². The van der Waals surface area contributed by atoms with Crippen LogP contribution in [-0.4, -0.2) is 25.5 Å². The van der Waals surface area contributed by atoms with Crippen molar-refractivity contribution in [2.24, 2.45) is 14.1 Å². The molecular weight excluding hydrogens is 220 g/mol. The van der Waals surface area contributed by atoms with Crippen LogP contribution in [0.2, 0.25) is 0 Å². The fourth-order valence-corrected chi connectivity index (χ4v) is 1.60. The van der Waals surface area contributed by atoms with Crippen LogP contribution in [0.1, 0.15) is 16.2 Å². The first-order valence-corrected chi connectivity index (χ1v) is 5.08. The van der Waals surface area contributed by atoms with E-state index in [4.69, 9.17) is 5.73 Å². The Labute approximate surface area is 98.2 Å². The number of anilines is 2. The van der Waals surface area contributed by atoms with E-state index in [0.717, 1.165) is 5.69 Å². The lowest BCUT2D eigenvalue weighted by Crippen LogP contribution is -2.18. The Morgan fingerprint density at radius 3 is 2.59 bits per heavy atom. The van der Waals surface area contributed by atoms with E-state index < -0.39 is 0 Å². The van der Waals surface area contributed by atoms with E-state index in [1.807, 2.05) is 6.92 Å². The molecule has 0 aliphatic carbocycles. The molecule has 2 rings (SSSR count). The first-order valence-electron chi connectivity index (χ1n) is 5.08. The van der Waals surface area contributed by atoms with Gasteiger partial charge in [-0.25, -0.2) is 0 Å².